The van der Waals surface area contributed by atoms with Crippen LogP contribution < -0.4 is 10.9 Å². The van der Waals surface area contributed by atoms with Crippen LogP contribution in [0.2, 0.25) is 5.02 Å². The van der Waals surface area contributed by atoms with Gasteiger partial charge in [-0.3, -0.25) is 25.1 Å². The third kappa shape index (κ3) is 4.06. The predicted molar refractivity (Wildman–Crippen MR) is 78.8 cm³/mol. The summed E-state index contributed by atoms with van der Waals surface area (Å²) in [5.74, 6) is -0.796. The largest absolute Gasteiger partial charge is 0.271 e. The van der Waals surface area contributed by atoms with Gasteiger partial charge < -0.3 is 0 Å². The molecule has 0 aliphatic heterocycles. The van der Waals surface area contributed by atoms with Crippen molar-refractivity contribution in [3.05, 3.63) is 52.3 Å². The zero-order chi connectivity index (χ0) is 15.4. The quantitative estimate of drug-likeness (QED) is 0.846. The number of hydrogen-bond acceptors (Lipinski definition) is 3. The molecule has 2 amide bonds. The van der Waals surface area contributed by atoms with E-state index in [1.807, 2.05) is 19.9 Å². The number of hydrazine groups is 1. The molecule has 2 rings (SSSR count). The van der Waals surface area contributed by atoms with Crippen LogP contribution in [-0.4, -0.2) is 21.6 Å². The lowest BCUT2D eigenvalue weighted by molar-refractivity contribution is -0.122. The number of benzene rings is 1. The third-order valence-electron chi connectivity index (χ3n) is 2.80. The highest BCUT2D eigenvalue weighted by molar-refractivity contribution is 6.30. The second-order valence-corrected chi connectivity index (χ2v) is 5.03. The molecule has 2 aromatic rings. The van der Waals surface area contributed by atoms with Gasteiger partial charge in [-0.25, -0.2) is 0 Å². The highest BCUT2D eigenvalue weighted by Crippen LogP contribution is 2.10. The van der Waals surface area contributed by atoms with E-state index >= 15 is 0 Å². The summed E-state index contributed by atoms with van der Waals surface area (Å²) in [7, 11) is 0. The third-order valence-corrected chi connectivity index (χ3v) is 3.03. The molecule has 0 fully saturated rings. The highest BCUT2D eigenvalue weighted by atomic mass is 35.5. The van der Waals surface area contributed by atoms with Crippen molar-refractivity contribution in [2.75, 3.05) is 0 Å². The first-order valence-electron chi connectivity index (χ1n) is 6.31. The fourth-order valence-electron chi connectivity index (χ4n) is 1.84. The van der Waals surface area contributed by atoms with Gasteiger partial charge in [0, 0.05) is 16.3 Å². The molecule has 0 unspecified atom stereocenters. The van der Waals surface area contributed by atoms with E-state index in [1.165, 1.54) is 6.07 Å². The molecule has 2 N–H and O–H groups in total. The SMILES string of the molecule is Cc1cc(C)n(CC(=O)NNC(=O)c2cccc(Cl)c2)n1. The van der Waals surface area contributed by atoms with Crippen LogP contribution in [0.5, 0.6) is 0 Å². The number of nitrogens with zero attached hydrogens (tertiary/aromatic N) is 2. The number of nitrogens with one attached hydrogen (secondary N) is 2. The topological polar surface area (TPSA) is 76.0 Å². The summed E-state index contributed by atoms with van der Waals surface area (Å²) < 4.78 is 1.57. The lowest BCUT2D eigenvalue weighted by Gasteiger charge is -2.08. The molecular weight excluding hydrogens is 292 g/mol. The van der Waals surface area contributed by atoms with E-state index in [4.69, 9.17) is 11.6 Å². The second kappa shape index (κ2) is 6.41. The Bertz CT molecular complexity index is 681. The number of hydrogen-bond donors (Lipinski definition) is 2. The smallest absolute Gasteiger partial charge is 0.269 e. The van der Waals surface area contributed by atoms with Crippen molar-refractivity contribution in [2.45, 2.75) is 20.4 Å². The molecule has 0 bridgehead atoms. The van der Waals surface area contributed by atoms with Crippen molar-refractivity contribution in [3.63, 3.8) is 0 Å². The minimum Gasteiger partial charge on any atom is -0.271 e. The van der Waals surface area contributed by atoms with Crippen LogP contribution in [0.1, 0.15) is 21.7 Å². The minimum atomic E-state index is -0.431. The van der Waals surface area contributed by atoms with Crippen molar-refractivity contribution in [1.29, 1.82) is 0 Å². The molecule has 0 aliphatic rings. The van der Waals surface area contributed by atoms with Gasteiger partial charge in [-0.2, -0.15) is 5.10 Å². The average Bonchev–Trinajstić information content (AvgIpc) is 2.74. The molecule has 0 atom stereocenters. The summed E-state index contributed by atoms with van der Waals surface area (Å²) in [5, 5.41) is 4.63. The summed E-state index contributed by atoms with van der Waals surface area (Å²) in [6.45, 7) is 3.75. The Labute approximate surface area is 127 Å². The van der Waals surface area contributed by atoms with Crippen LogP contribution in [0.3, 0.4) is 0 Å². The Morgan fingerprint density at radius 2 is 2.00 bits per heavy atom. The van der Waals surface area contributed by atoms with E-state index in [-0.39, 0.29) is 12.5 Å². The normalized spacial score (nSPS) is 10.2. The molecule has 0 saturated carbocycles. The van der Waals surface area contributed by atoms with Crippen molar-refractivity contribution < 1.29 is 9.59 Å². The summed E-state index contributed by atoms with van der Waals surface area (Å²) in [5.41, 5.74) is 6.76. The van der Waals surface area contributed by atoms with Crippen molar-refractivity contribution in [3.8, 4) is 0 Å². The number of amides is 2. The van der Waals surface area contributed by atoms with E-state index in [9.17, 15) is 9.59 Å². The molecular formula is C14H15ClN4O2. The molecule has 0 spiro atoms. The fraction of sp³-hybridized carbons (Fsp3) is 0.214. The van der Waals surface area contributed by atoms with Crippen LogP contribution in [-0.2, 0) is 11.3 Å². The van der Waals surface area contributed by atoms with E-state index < -0.39 is 5.91 Å². The summed E-state index contributed by atoms with van der Waals surface area (Å²) in [4.78, 5) is 23.6. The first-order chi connectivity index (χ1) is 9.95. The van der Waals surface area contributed by atoms with Gasteiger partial charge >= 0.3 is 0 Å². The van der Waals surface area contributed by atoms with Gasteiger partial charge in [0.25, 0.3) is 11.8 Å². The van der Waals surface area contributed by atoms with Gasteiger partial charge in [-0.05, 0) is 38.1 Å². The first kappa shape index (κ1) is 15.1. The Hall–Kier alpha value is -2.34. The summed E-state index contributed by atoms with van der Waals surface area (Å²) >= 11 is 5.80. The lowest BCUT2D eigenvalue weighted by Crippen LogP contribution is -2.43. The Kier molecular flexibility index (Phi) is 4.59. The van der Waals surface area contributed by atoms with Gasteiger partial charge in [0.1, 0.15) is 6.54 Å². The van der Waals surface area contributed by atoms with Gasteiger partial charge in [-0.15, -0.1) is 0 Å². The van der Waals surface area contributed by atoms with Gasteiger partial charge in [-0.1, -0.05) is 17.7 Å². The first-order valence-corrected chi connectivity index (χ1v) is 6.69. The van der Waals surface area contributed by atoms with Crippen LogP contribution in [0.25, 0.3) is 0 Å². The van der Waals surface area contributed by atoms with Crippen molar-refractivity contribution >= 4 is 23.4 Å². The molecule has 0 radical (unpaired) electrons. The molecule has 7 heteroatoms. The van der Waals surface area contributed by atoms with Gasteiger partial charge in [0.15, 0.2) is 0 Å². The fourth-order valence-corrected chi connectivity index (χ4v) is 2.03. The predicted octanol–water partition coefficient (Wildman–Crippen LogP) is 1.61. The Morgan fingerprint density at radius 1 is 1.24 bits per heavy atom. The zero-order valence-corrected chi connectivity index (χ0v) is 12.4. The standard InChI is InChI=1S/C14H15ClN4O2/c1-9-6-10(2)19(18-9)8-13(20)16-17-14(21)11-4-3-5-12(15)7-11/h3-7H,8H2,1-2H3,(H,16,20)(H,17,21). The molecule has 0 aliphatic carbocycles. The summed E-state index contributed by atoms with van der Waals surface area (Å²) in [6, 6.07) is 8.32. The Balaban J connectivity index is 1.89. The maximum absolute atomic E-state index is 11.8. The van der Waals surface area contributed by atoms with E-state index in [2.05, 4.69) is 16.0 Å². The molecule has 6 nitrogen and oxygen atoms in total. The molecule has 21 heavy (non-hydrogen) atoms. The second-order valence-electron chi connectivity index (χ2n) is 4.60. The lowest BCUT2D eigenvalue weighted by atomic mass is 10.2. The number of carbonyl (C=O) groups excluding carboxylic acids is 2. The molecule has 1 aromatic heterocycles. The number of halogens is 1. The maximum Gasteiger partial charge on any atom is 0.269 e. The van der Waals surface area contributed by atoms with Crippen molar-refractivity contribution in [1.82, 2.24) is 20.6 Å². The molecule has 1 heterocycles. The number of aromatic nitrogens is 2. The zero-order valence-electron chi connectivity index (χ0n) is 11.7. The molecule has 1 aromatic carbocycles. The van der Waals surface area contributed by atoms with E-state index in [1.54, 1.807) is 22.9 Å². The van der Waals surface area contributed by atoms with E-state index in [0.717, 1.165) is 11.4 Å². The Morgan fingerprint density at radius 3 is 2.62 bits per heavy atom. The van der Waals surface area contributed by atoms with Crippen LogP contribution in [0.15, 0.2) is 30.3 Å². The molecule has 110 valence electrons. The van der Waals surface area contributed by atoms with E-state index in [0.29, 0.717) is 10.6 Å². The average molecular weight is 307 g/mol. The number of carbonyl (C=O) groups is 2. The monoisotopic (exact) mass is 306 g/mol. The highest BCUT2D eigenvalue weighted by Gasteiger charge is 2.10. The van der Waals surface area contributed by atoms with Crippen LogP contribution >= 0.6 is 11.6 Å². The number of rotatable bonds is 3. The van der Waals surface area contributed by atoms with Gasteiger partial charge in [0.2, 0.25) is 0 Å². The van der Waals surface area contributed by atoms with Gasteiger partial charge in [0.05, 0.1) is 5.69 Å². The minimum absolute atomic E-state index is 0.0372. The summed E-state index contributed by atoms with van der Waals surface area (Å²) in [6.07, 6.45) is 0. The van der Waals surface area contributed by atoms with Crippen molar-refractivity contribution in [2.24, 2.45) is 0 Å². The molecule has 0 saturated heterocycles. The maximum atomic E-state index is 11.8. The van der Waals surface area contributed by atoms with Crippen LogP contribution in [0, 0.1) is 13.8 Å². The number of aryl methyl sites for hydroxylation is 2. The van der Waals surface area contributed by atoms with Crippen LogP contribution in [0.4, 0.5) is 0 Å².